The summed E-state index contributed by atoms with van der Waals surface area (Å²) in [5.41, 5.74) is 4.81. The SMILES string of the molecule is CCOc1ccc(N[C@@H](C)C(=O)NN=C(C)c2ccc(OC)cc2OC)cc1. The molecule has 0 bridgehead atoms. The molecule has 150 valence electrons. The maximum Gasteiger partial charge on any atom is 0.262 e. The molecule has 0 heterocycles. The van der Waals surface area contributed by atoms with E-state index in [0.29, 0.717) is 23.8 Å². The average Bonchev–Trinajstić information content (AvgIpc) is 2.72. The highest BCUT2D eigenvalue weighted by Gasteiger charge is 2.13. The summed E-state index contributed by atoms with van der Waals surface area (Å²) in [5, 5.41) is 7.33. The molecule has 2 aromatic carbocycles. The van der Waals surface area contributed by atoms with Crippen LogP contribution < -0.4 is 25.0 Å². The van der Waals surface area contributed by atoms with Crippen molar-refractivity contribution in [3.05, 3.63) is 48.0 Å². The fourth-order valence-electron chi connectivity index (χ4n) is 2.52. The van der Waals surface area contributed by atoms with Crippen molar-refractivity contribution in [2.75, 3.05) is 26.1 Å². The number of rotatable bonds is 9. The second-order valence-corrected chi connectivity index (χ2v) is 6.06. The molecule has 7 nitrogen and oxygen atoms in total. The molecule has 28 heavy (non-hydrogen) atoms. The highest BCUT2D eigenvalue weighted by atomic mass is 16.5. The van der Waals surface area contributed by atoms with Crippen LogP contribution in [0.1, 0.15) is 26.3 Å². The Bertz CT molecular complexity index is 819. The number of nitrogens with zero attached hydrogens (tertiary/aromatic N) is 1. The molecule has 0 aliphatic heterocycles. The maximum atomic E-state index is 12.4. The lowest BCUT2D eigenvalue weighted by atomic mass is 10.1. The molecule has 0 fully saturated rings. The van der Waals surface area contributed by atoms with Gasteiger partial charge in [0.2, 0.25) is 0 Å². The van der Waals surface area contributed by atoms with Gasteiger partial charge in [-0.3, -0.25) is 4.79 Å². The number of ether oxygens (including phenoxy) is 3. The summed E-state index contributed by atoms with van der Waals surface area (Å²) in [7, 11) is 3.17. The topological polar surface area (TPSA) is 81.2 Å². The van der Waals surface area contributed by atoms with Gasteiger partial charge in [0.1, 0.15) is 23.3 Å². The van der Waals surface area contributed by atoms with Gasteiger partial charge < -0.3 is 19.5 Å². The van der Waals surface area contributed by atoms with E-state index in [1.165, 1.54) is 0 Å². The Morgan fingerprint density at radius 1 is 1.07 bits per heavy atom. The van der Waals surface area contributed by atoms with Crippen molar-refractivity contribution in [2.24, 2.45) is 5.10 Å². The van der Waals surface area contributed by atoms with Gasteiger partial charge in [-0.05, 0) is 57.2 Å². The summed E-state index contributed by atoms with van der Waals surface area (Å²) >= 11 is 0. The van der Waals surface area contributed by atoms with Crippen LogP contribution in [0.4, 0.5) is 5.69 Å². The van der Waals surface area contributed by atoms with Crippen LogP contribution in [0.15, 0.2) is 47.6 Å². The van der Waals surface area contributed by atoms with E-state index in [2.05, 4.69) is 15.8 Å². The maximum absolute atomic E-state index is 12.4. The largest absolute Gasteiger partial charge is 0.497 e. The van der Waals surface area contributed by atoms with Crippen LogP contribution in [0.5, 0.6) is 17.2 Å². The van der Waals surface area contributed by atoms with Crippen LogP contribution in [-0.4, -0.2) is 38.5 Å². The van der Waals surface area contributed by atoms with Gasteiger partial charge in [-0.1, -0.05) is 0 Å². The number of carbonyl (C=O) groups excluding carboxylic acids is 1. The predicted molar refractivity (Wildman–Crippen MR) is 111 cm³/mol. The second kappa shape index (κ2) is 10.2. The third kappa shape index (κ3) is 5.64. The van der Waals surface area contributed by atoms with E-state index in [0.717, 1.165) is 17.0 Å². The Morgan fingerprint density at radius 3 is 2.36 bits per heavy atom. The summed E-state index contributed by atoms with van der Waals surface area (Å²) in [6, 6.07) is 12.4. The Kier molecular flexibility index (Phi) is 7.68. The van der Waals surface area contributed by atoms with Crippen LogP contribution in [0.2, 0.25) is 0 Å². The van der Waals surface area contributed by atoms with Gasteiger partial charge in [-0.15, -0.1) is 0 Å². The van der Waals surface area contributed by atoms with Crippen molar-refractivity contribution in [3.63, 3.8) is 0 Å². The minimum atomic E-state index is -0.466. The van der Waals surface area contributed by atoms with Gasteiger partial charge in [-0.25, -0.2) is 5.43 Å². The van der Waals surface area contributed by atoms with E-state index in [4.69, 9.17) is 14.2 Å². The normalized spacial score (nSPS) is 12.1. The fraction of sp³-hybridized carbons (Fsp3) is 0.333. The van der Waals surface area contributed by atoms with Gasteiger partial charge in [0.15, 0.2) is 0 Å². The molecule has 2 aromatic rings. The molecular weight excluding hydrogens is 358 g/mol. The van der Waals surface area contributed by atoms with E-state index in [9.17, 15) is 4.79 Å². The number of methoxy groups -OCH3 is 2. The number of nitrogens with one attached hydrogen (secondary N) is 2. The summed E-state index contributed by atoms with van der Waals surface area (Å²) in [4.78, 5) is 12.4. The van der Waals surface area contributed by atoms with Crippen molar-refractivity contribution < 1.29 is 19.0 Å². The smallest absolute Gasteiger partial charge is 0.262 e. The highest BCUT2D eigenvalue weighted by Crippen LogP contribution is 2.25. The standard InChI is InChI=1S/C21H27N3O4/c1-6-28-17-9-7-16(8-10-17)22-15(3)21(25)24-23-14(2)19-12-11-18(26-4)13-20(19)27-5/h7-13,15,22H,6H2,1-5H3,(H,24,25)/t15-/m0/s1. The van der Waals surface area contributed by atoms with Gasteiger partial charge >= 0.3 is 0 Å². The Balaban J connectivity index is 1.99. The molecule has 1 atom stereocenters. The monoisotopic (exact) mass is 385 g/mol. The zero-order valence-electron chi connectivity index (χ0n) is 16.9. The van der Waals surface area contributed by atoms with Crippen LogP contribution in [0, 0.1) is 0 Å². The van der Waals surface area contributed by atoms with Crippen LogP contribution in [0.25, 0.3) is 0 Å². The molecule has 0 saturated heterocycles. The molecule has 2 rings (SSSR count). The number of anilines is 1. The molecule has 7 heteroatoms. The molecular formula is C21H27N3O4. The molecule has 0 radical (unpaired) electrons. The van der Waals surface area contributed by atoms with Crippen molar-refractivity contribution in [1.29, 1.82) is 0 Å². The summed E-state index contributed by atoms with van der Waals surface area (Å²) in [5.74, 6) is 1.85. The molecule has 0 aliphatic carbocycles. The van der Waals surface area contributed by atoms with Crippen molar-refractivity contribution in [2.45, 2.75) is 26.8 Å². The lowest BCUT2D eigenvalue weighted by Crippen LogP contribution is -2.35. The van der Waals surface area contributed by atoms with Gasteiger partial charge in [-0.2, -0.15) is 5.10 Å². The lowest BCUT2D eigenvalue weighted by molar-refractivity contribution is -0.121. The zero-order valence-corrected chi connectivity index (χ0v) is 16.9. The minimum Gasteiger partial charge on any atom is -0.497 e. The number of carbonyl (C=O) groups is 1. The first-order chi connectivity index (χ1) is 13.5. The van der Waals surface area contributed by atoms with Crippen LogP contribution in [0.3, 0.4) is 0 Å². The Morgan fingerprint density at radius 2 is 1.75 bits per heavy atom. The predicted octanol–water partition coefficient (Wildman–Crippen LogP) is 3.44. The quantitative estimate of drug-likeness (QED) is 0.510. The number of hydrazone groups is 1. The van der Waals surface area contributed by atoms with Crippen LogP contribution >= 0.6 is 0 Å². The summed E-state index contributed by atoms with van der Waals surface area (Å²) in [6.45, 7) is 6.12. The first-order valence-corrected chi connectivity index (χ1v) is 9.04. The Labute approximate surface area is 165 Å². The number of benzene rings is 2. The van der Waals surface area contributed by atoms with Crippen molar-refractivity contribution >= 4 is 17.3 Å². The third-order valence-electron chi connectivity index (χ3n) is 4.07. The highest BCUT2D eigenvalue weighted by molar-refractivity contribution is 6.02. The average molecular weight is 385 g/mol. The zero-order chi connectivity index (χ0) is 20.5. The fourth-order valence-corrected chi connectivity index (χ4v) is 2.52. The van der Waals surface area contributed by atoms with Crippen molar-refractivity contribution in [3.8, 4) is 17.2 Å². The number of amides is 1. The van der Waals surface area contributed by atoms with E-state index >= 15 is 0 Å². The second-order valence-electron chi connectivity index (χ2n) is 6.06. The number of hydrogen-bond donors (Lipinski definition) is 2. The van der Waals surface area contributed by atoms with Gasteiger partial charge in [0.05, 0.1) is 26.5 Å². The molecule has 0 saturated carbocycles. The minimum absolute atomic E-state index is 0.249. The molecule has 0 unspecified atom stereocenters. The molecule has 0 spiro atoms. The molecule has 0 aromatic heterocycles. The number of hydrogen-bond acceptors (Lipinski definition) is 6. The summed E-state index contributed by atoms with van der Waals surface area (Å²) < 4.78 is 16.0. The van der Waals surface area contributed by atoms with E-state index in [1.54, 1.807) is 34.1 Å². The third-order valence-corrected chi connectivity index (χ3v) is 4.07. The van der Waals surface area contributed by atoms with E-state index in [-0.39, 0.29) is 5.91 Å². The lowest BCUT2D eigenvalue weighted by Gasteiger charge is -2.15. The van der Waals surface area contributed by atoms with Gasteiger partial charge in [0.25, 0.3) is 5.91 Å². The van der Waals surface area contributed by atoms with E-state index in [1.807, 2.05) is 43.3 Å². The first-order valence-electron chi connectivity index (χ1n) is 9.04. The van der Waals surface area contributed by atoms with Gasteiger partial charge in [0, 0.05) is 17.3 Å². The first kappa shape index (κ1) is 21.1. The van der Waals surface area contributed by atoms with Crippen LogP contribution in [-0.2, 0) is 4.79 Å². The van der Waals surface area contributed by atoms with Crippen molar-refractivity contribution in [1.82, 2.24) is 5.43 Å². The summed E-state index contributed by atoms with van der Waals surface area (Å²) in [6.07, 6.45) is 0. The molecule has 0 aliphatic rings. The molecule has 2 N–H and O–H groups in total. The molecule has 1 amide bonds. The Hall–Kier alpha value is -3.22. The van der Waals surface area contributed by atoms with E-state index < -0.39 is 6.04 Å².